The molecule has 0 bridgehead atoms. The second kappa shape index (κ2) is 6.95. The summed E-state index contributed by atoms with van der Waals surface area (Å²) in [5.41, 5.74) is 6.54. The van der Waals surface area contributed by atoms with Crippen molar-refractivity contribution in [3.05, 3.63) is 34.9 Å². The third-order valence-corrected chi connectivity index (χ3v) is 4.69. The first kappa shape index (κ1) is 17.0. The standard InChI is InChI=1S/C18H23ClN4O/c1-12(2)11-22-7-9-23(10-8-22)16-6-3-13-15(21-16)5-4-14(19)17(13)18(20)24/h3-6,12H,7-11H2,1-2H3,(H2,20,24). The van der Waals surface area contributed by atoms with Gasteiger partial charge in [0.25, 0.3) is 5.91 Å². The average molecular weight is 347 g/mol. The Kier molecular flexibility index (Phi) is 4.92. The van der Waals surface area contributed by atoms with E-state index >= 15 is 0 Å². The summed E-state index contributed by atoms with van der Waals surface area (Å²) < 4.78 is 0. The van der Waals surface area contributed by atoms with Crippen LogP contribution in [0.4, 0.5) is 5.82 Å². The fourth-order valence-corrected chi connectivity index (χ4v) is 3.53. The van der Waals surface area contributed by atoms with Crippen LogP contribution in [-0.2, 0) is 0 Å². The first-order valence-electron chi connectivity index (χ1n) is 8.32. The molecule has 1 aromatic carbocycles. The first-order valence-corrected chi connectivity index (χ1v) is 8.70. The predicted octanol–water partition coefficient (Wildman–Crippen LogP) is 2.77. The van der Waals surface area contributed by atoms with Crippen molar-refractivity contribution in [1.29, 1.82) is 0 Å². The van der Waals surface area contributed by atoms with E-state index in [0.717, 1.165) is 44.1 Å². The Bertz CT molecular complexity index is 754. The van der Waals surface area contributed by atoms with Crippen molar-refractivity contribution < 1.29 is 4.79 Å². The van der Waals surface area contributed by atoms with Gasteiger partial charge in [-0.1, -0.05) is 25.4 Å². The average Bonchev–Trinajstić information content (AvgIpc) is 2.54. The first-order chi connectivity index (χ1) is 11.5. The van der Waals surface area contributed by atoms with Crippen LogP contribution >= 0.6 is 11.6 Å². The van der Waals surface area contributed by atoms with E-state index in [1.54, 1.807) is 6.07 Å². The van der Waals surface area contributed by atoms with Gasteiger partial charge in [-0.15, -0.1) is 0 Å². The lowest BCUT2D eigenvalue weighted by Gasteiger charge is -2.36. The number of fused-ring (bicyclic) bond motifs is 1. The quantitative estimate of drug-likeness (QED) is 0.924. The van der Waals surface area contributed by atoms with Gasteiger partial charge in [0.15, 0.2) is 0 Å². The molecule has 0 atom stereocenters. The van der Waals surface area contributed by atoms with E-state index in [0.29, 0.717) is 21.9 Å². The summed E-state index contributed by atoms with van der Waals surface area (Å²) in [6.45, 7) is 9.65. The number of hydrogen-bond acceptors (Lipinski definition) is 4. The van der Waals surface area contributed by atoms with Gasteiger partial charge in [0.2, 0.25) is 0 Å². The van der Waals surface area contributed by atoms with Crippen LogP contribution in [0.2, 0.25) is 5.02 Å². The highest BCUT2D eigenvalue weighted by atomic mass is 35.5. The van der Waals surface area contributed by atoms with Gasteiger partial charge in [0.1, 0.15) is 5.82 Å². The molecule has 24 heavy (non-hydrogen) atoms. The van der Waals surface area contributed by atoms with Crippen LogP contribution in [0.25, 0.3) is 10.9 Å². The van der Waals surface area contributed by atoms with Crippen LogP contribution in [0, 0.1) is 5.92 Å². The summed E-state index contributed by atoms with van der Waals surface area (Å²) in [6.07, 6.45) is 0. The minimum absolute atomic E-state index is 0.343. The van der Waals surface area contributed by atoms with Gasteiger partial charge in [-0.25, -0.2) is 4.98 Å². The number of nitrogens with zero attached hydrogens (tertiary/aromatic N) is 3. The third-order valence-electron chi connectivity index (χ3n) is 4.37. The maximum absolute atomic E-state index is 11.6. The number of carbonyl (C=O) groups excluding carboxylic acids is 1. The molecule has 2 heterocycles. The van der Waals surface area contributed by atoms with Gasteiger partial charge in [-0.2, -0.15) is 0 Å². The second-order valence-corrected chi connectivity index (χ2v) is 7.11. The Labute approximate surface area is 147 Å². The van der Waals surface area contributed by atoms with Gasteiger partial charge in [0, 0.05) is 38.1 Å². The monoisotopic (exact) mass is 346 g/mol. The molecule has 0 radical (unpaired) electrons. The Morgan fingerprint density at radius 1 is 1.21 bits per heavy atom. The molecule has 0 saturated carbocycles. The zero-order valence-corrected chi connectivity index (χ0v) is 14.9. The molecule has 1 aliphatic rings. The van der Waals surface area contributed by atoms with Crippen LogP contribution < -0.4 is 10.6 Å². The van der Waals surface area contributed by atoms with Gasteiger partial charge in [0.05, 0.1) is 16.1 Å². The van der Waals surface area contributed by atoms with Gasteiger partial charge >= 0.3 is 0 Å². The zero-order valence-electron chi connectivity index (χ0n) is 14.1. The van der Waals surface area contributed by atoms with E-state index in [1.165, 1.54) is 0 Å². The van der Waals surface area contributed by atoms with Crippen molar-refractivity contribution >= 4 is 34.2 Å². The van der Waals surface area contributed by atoms with E-state index in [2.05, 4.69) is 23.6 Å². The third kappa shape index (κ3) is 3.47. The summed E-state index contributed by atoms with van der Waals surface area (Å²) in [4.78, 5) is 21.1. The SMILES string of the molecule is CC(C)CN1CCN(c2ccc3c(C(N)=O)c(Cl)ccc3n2)CC1. The fraction of sp³-hybridized carbons (Fsp3) is 0.444. The van der Waals surface area contributed by atoms with Gasteiger partial charge < -0.3 is 10.6 Å². The molecule has 128 valence electrons. The lowest BCUT2D eigenvalue weighted by Crippen LogP contribution is -2.47. The van der Waals surface area contributed by atoms with E-state index < -0.39 is 5.91 Å². The molecular formula is C18H23ClN4O. The highest BCUT2D eigenvalue weighted by Crippen LogP contribution is 2.27. The molecule has 1 aromatic heterocycles. The number of anilines is 1. The molecule has 3 rings (SSSR count). The fourth-order valence-electron chi connectivity index (χ4n) is 3.27. The molecule has 5 nitrogen and oxygen atoms in total. The van der Waals surface area contributed by atoms with E-state index in [1.807, 2.05) is 18.2 Å². The summed E-state index contributed by atoms with van der Waals surface area (Å²) in [7, 11) is 0. The summed E-state index contributed by atoms with van der Waals surface area (Å²) in [5.74, 6) is 1.10. The van der Waals surface area contributed by atoms with Crippen LogP contribution in [-0.4, -0.2) is 48.5 Å². The molecule has 1 saturated heterocycles. The van der Waals surface area contributed by atoms with E-state index in [-0.39, 0.29) is 0 Å². The molecular weight excluding hydrogens is 324 g/mol. The smallest absolute Gasteiger partial charge is 0.250 e. The number of pyridine rings is 1. The largest absolute Gasteiger partial charge is 0.366 e. The number of carbonyl (C=O) groups is 1. The molecule has 1 fully saturated rings. The molecule has 0 spiro atoms. The molecule has 0 unspecified atom stereocenters. The van der Waals surface area contributed by atoms with Crippen LogP contribution in [0.1, 0.15) is 24.2 Å². The van der Waals surface area contributed by atoms with Gasteiger partial charge in [-0.05, 0) is 30.2 Å². The van der Waals surface area contributed by atoms with Crippen molar-refractivity contribution in [3.8, 4) is 0 Å². The van der Waals surface area contributed by atoms with Crippen LogP contribution in [0.15, 0.2) is 24.3 Å². The number of aromatic nitrogens is 1. The van der Waals surface area contributed by atoms with Gasteiger partial charge in [-0.3, -0.25) is 9.69 Å². The number of rotatable bonds is 4. The molecule has 2 aromatic rings. The molecule has 1 amide bonds. The maximum atomic E-state index is 11.6. The minimum Gasteiger partial charge on any atom is -0.366 e. The molecule has 2 N–H and O–H groups in total. The summed E-state index contributed by atoms with van der Waals surface area (Å²) in [6, 6.07) is 7.36. The maximum Gasteiger partial charge on any atom is 0.250 e. The van der Waals surface area contributed by atoms with Crippen LogP contribution in [0.3, 0.4) is 0 Å². The minimum atomic E-state index is -0.526. The molecule has 1 aliphatic heterocycles. The lowest BCUT2D eigenvalue weighted by atomic mass is 10.1. The topological polar surface area (TPSA) is 62.5 Å². The van der Waals surface area contributed by atoms with E-state index in [9.17, 15) is 4.79 Å². The second-order valence-electron chi connectivity index (χ2n) is 6.70. The molecule has 0 aliphatic carbocycles. The summed E-state index contributed by atoms with van der Waals surface area (Å²) >= 11 is 6.10. The Morgan fingerprint density at radius 3 is 2.54 bits per heavy atom. The van der Waals surface area contributed by atoms with Crippen molar-refractivity contribution in [3.63, 3.8) is 0 Å². The van der Waals surface area contributed by atoms with Crippen molar-refractivity contribution in [2.75, 3.05) is 37.6 Å². The van der Waals surface area contributed by atoms with Crippen molar-refractivity contribution in [2.45, 2.75) is 13.8 Å². The van der Waals surface area contributed by atoms with Crippen molar-refractivity contribution in [1.82, 2.24) is 9.88 Å². The number of nitrogens with two attached hydrogens (primary N) is 1. The molecule has 6 heteroatoms. The Balaban J connectivity index is 1.82. The number of amides is 1. The number of piperazine rings is 1. The highest BCUT2D eigenvalue weighted by molar-refractivity contribution is 6.35. The Morgan fingerprint density at radius 2 is 1.92 bits per heavy atom. The van der Waals surface area contributed by atoms with E-state index in [4.69, 9.17) is 22.3 Å². The number of halogens is 1. The predicted molar refractivity (Wildman–Crippen MR) is 98.8 cm³/mol. The zero-order chi connectivity index (χ0) is 17.3. The lowest BCUT2D eigenvalue weighted by molar-refractivity contribution is 0.100. The van der Waals surface area contributed by atoms with Crippen molar-refractivity contribution in [2.24, 2.45) is 11.7 Å². The number of primary amides is 1. The highest BCUT2D eigenvalue weighted by Gasteiger charge is 2.19. The number of benzene rings is 1. The summed E-state index contributed by atoms with van der Waals surface area (Å²) in [5, 5.41) is 1.07. The van der Waals surface area contributed by atoms with Crippen LogP contribution in [0.5, 0.6) is 0 Å². The number of hydrogen-bond donors (Lipinski definition) is 1. The Hall–Kier alpha value is -1.85. The normalized spacial score (nSPS) is 16.1.